The van der Waals surface area contributed by atoms with Gasteiger partial charge in [-0.15, -0.1) is 0 Å². The molecule has 1 saturated heterocycles. The van der Waals surface area contributed by atoms with E-state index in [9.17, 15) is 9.18 Å². The van der Waals surface area contributed by atoms with Crippen molar-refractivity contribution in [3.63, 3.8) is 0 Å². The summed E-state index contributed by atoms with van der Waals surface area (Å²) in [6.07, 6.45) is 4.19. The molecule has 0 bridgehead atoms. The summed E-state index contributed by atoms with van der Waals surface area (Å²) in [5, 5.41) is 7.59. The maximum absolute atomic E-state index is 13.5. The second-order valence-corrected chi connectivity index (χ2v) is 9.41. The van der Waals surface area contributed by atoms with Gasteiger partial charge in [-0.2, -0.15) is 5.10 Å². The molecule has 1 N–H and O–H groups in total. The van der Waals surface area contributed by atoms with Crippen LogP contribution < -0.4 is 10.1 Å². The Labute approximate surface area is 201 Å². The fourth-order valence-electron chi connectivity index (χ4n) is 5.21. The minimum atomic E-state index is -0.356. The van der Waals surface area contributed by atoms with Crippen LogP contribution in [0.25, 0.3) is 33.5 Å². The Kier molecular flexibility index (Phi) is 4.82. The number of ether oxygens (including phenoxy) is 1. The summed E-state index contributed by atoms with van der Waals surface area (Å²) in [5.41, 5.74) is 3.40. The molecule has 2 atom stereocenters. The van der Waals surface area contributed by atoms with Crippen molar-refractivity contribution in [3.05, 3.63) is 48.7 Å². The molecule has 35 heavy (non-hydrogen) atoms. The third-order valence-electron chi connectivity index (χ3n) is 7.00. The highest BCUT2D eigenvalue weighted by Crippen LogP contribution is 2.58. The number of pyridine rings is 1. The lowest BCUT2D eigenvalue weighted by atomic mass is 10.0. The first-order valence-electron chi connectivity index (χ1n) is 11.4. The number of benzene rings is 1. The second-order valence-electron chi connectivity index (χ2n) is 9.41. The normalized spacial score (nSPS) is 21.2. The molecule has 0 spiro atoms. The van der Waals surface area contributed by atoms with Crippen molar-refractivity contribution in [2.24, 2.45) is 18.4 Å². The Morgan fingerprint density at radius 3 is 2.71 bits per heavy atom. The monoisotopic (exact) mass is 473 g/mol. The SMILES string of the molecule is COc1cc2ncnc(-c3cn(C)nc3-c3ccc(F)cc3)c2nc1NC(=O)C12CC1CN(C)C2. The highest BCUT2D eigenvalue weighted by molar-refractivity contribution is 6.01. The van der Waals surface area contributed by atoms with Crippen LogP contribution in [0.1, 0.15) is 6.42 Å². The van der Waals surface area contributed by atoms with E-state index in [4.69, 9.17) is 9.72 Å². The number of nitrogens with one attached hydrogen (secondary N) is 1. The Morgan fingerprint density at radius 1 is 1.20 bits per heavy atom. The van der Waals surface area contributed by atoms with Crippen LogP contribution in [0.2, 0.25) is 0 Å². The smallest absolute Gasteiger partial charge is 0.233 e. The summed E-state index contributed by atoms with van der Waals surface area (Å²) >= 11 is 0. The van der Waals surface area contributed by atoms with Crippen LogP contribution in [0.5, 0.6) is 5.75 Å². The number of hydrogen-bond donors (Lipinski definition) is 1. The first-order valence-corrected chi connectivity index (χ1v) is 11.4. The number of aromatic nitrogens is 5. The number of carbonyl (C=O) groups is 1. The number of nitrogens with zero attached hydrogens (tertiary/aromatic N) is 6. The van der Waals surface area contributed by atoms with Crippen LogP contribution >= 0.6 is 0 Å². The van der Waals surface area contributed by atoms with Gasteiger partial charge in [-0.25, -0.2) is 19.3 Å². The molecule has 1 saturated carbocycles. The molecule has 1 aliphatic carbocycles. The highest BCUT2D eigenvalue weighted by Gasteiger charge is 2.64. The van der Waals surface area contributed by atoms with E-state index in [1.54, 1.807) is 22.9 Å². The van der Waals surface area contributed by atoms with Crippen LogP contribution in [0.4, 0.5) is 10.2 Å². The summed E-state index contributed by atoms with van der Waals surface area (Å²) in [4.78, 5) is 29.1. The number of carbonyl (C=O) groups excluding carboxylic acids is 1. The number of aryl methyl sites for hydroxylation is 1. The van der Waals surface area contributed by atoms with Crippen LogP contribution in [0.3, 0.4) is 0 Å². The summed E-state index contributed by atoms with van der Waals surface area (Å²) in [5.74, 6) is 0.789. The van der Waals surface area contributed by atoms with E-state index in [0.29, 0.717) is 39.9 Å². The predicted molar refractivity (Wildman–Crippen MR) is 128 cm³/mol. The molecule has 10 heteroatoms. The molecular weight excluding hydrogens is 449 g/mol. The molecule has 2 aliphatic rings. The first-order chi connectivity index (χ1) is 16.9. The number of methoxy groups -OCH3 is 1. The van der Waals surface area contributed by atoms with Crippen molar-refractivity contribution in [2.75, 3.05) is 32.6 Å². The summed E-state index contributed by atoms with van der Waals surface area (Å²) in [6, 6.07) is 7.90. The van der Waals surface area contributed by atoms with Gasteiger partial charge < -0.3 is 15.0 Å². The van der Waals surface area contributed by atoms with Crippen LogP contribution in [-0.2, 0) is 11.8 Å². The molecule has 9 nitrogen and oxygen atoms in total. The fraction of sp³-hybridized carbons (Fsp3) is 0.320. The molecule has 1 aliphatic heterocycles. The number of amides is 1. The Morgan fingerprint density at radius 2 is 2.00 bits per heavy atom. The third-order valence-corrected chi connectivity index (χ3v) is 7.00. The average Bonchev–Trinajstić information content (AvgIpc) is 3.21. The van der Waals surface area contributed by atoms with Crippen molar-refractivity contribution in [2.45, 2.75) is 6.42 Å². The van der Waals surface area contributed by atoms with Gasteiger partial charge in [0, 0.05) is 43.5 Å². The third kappa shape index (κ3) is 3.52. The first kappa shape index (κ1) is 21.6. The number of piperidine rings is 1. The molecule has 1 aromatic carbocycles. The molecule has 3 aromatic heterocycles. The maximum atomic E-state index is 13.5. The van der Waals surface area contributed by atoms with E-state index in [1.807, 2.05) is 20.3 Å². The van der Waals surface area contributed by atoms with Crippen LogP contribution in [0, 0.1) is 17.2 Å². The maximum Gasteiger partial charge on any atom is 0.233 e. The molecule has 6 rings (SSSR count). The van der Waals surface area contributed by atoms with Gasteiger partial charge in [-0.3, -0.25) is 9.48 Å². The Balaban J connectivity index is 1.45. The summed E-state index contributed by atoms with van der Waals surface area (Å²) in [7, 11) is 5.38. The van der Waals surface area contributed by atoms with Crippen LogP contribution in [-0.4, -0.2) is 62.8 Å². The molecule has 0 radical (unpaired) electrons. The standard InChI is InChI=1S/C25H24FN7O2/c1-32-10-15-9-25(15,12-32)24(34)30-23-19(35-3)8-18-22(29-23)21(28-13-27-18)17-11-33(2)31-20(17)14-4-6-16(26)7-5-14/h4-8,11,13,15H,9-10,12H2,1-3H3,(H,29,30,34). The summed E-state index contributed by atoms with van der Waals surface area (Å²) in [6.45, 7) is 1.67. The highest BCUT2D eigenvalue weighted by atomic mass is 19.1. The zero-order valence-electron chi connectivity index (χ0n) is 19.6. The van der Waals surface area contributed by atoms with Gasteiger partial charge >= 0.3 is 0 Å². The van der Waals surface area contributed by atoms with Crippen molar-refractivity contribution >= 4 is 22.8 Å². The zero-order chi connectivity index (χ0) is 24.3. The van der Waals surface area contributed by atoms with Gasteiger partial charge in [-0.05, 0) is 43.7 Å². The number of halogens is 1. The number of likely N-dealkylation sites (tertiary alicyclic amines) is 1. The lowest BCUT2D eigenvalue weighted by molar-refractivity contribution is -0.121. The van der Waals surface area contributed by atoms with Gasteiger partial charge in [0.25, 0.3) is 0 Å². The quantitative estimate of drug-likeness (QED) is 0.476. The topological polar surface area (TPSA) is 98.1 Å². The molecule has 4 aromatic rings. The van der Waals surface area contributed by atoms with Crippen molar-refractivity contribution in [1.29, 1.82) is 0 Å². The van der Waals surface area contributed by atoms with E-state index >= 15 is 0 Å². The van der Waals surface area contributed by atoms with Crippen molar-refractivity contribution < 1.29 is 13.9 Å². The zero-order valence-corrected chi connectivity index (χ0v) is 19.6. The van der Waals surface area contributed by atoms with E-state index in [-0.39, 0.29) is 17.1 Å². The Hall–Kier alpha value is -3.92. The molecule has 2 fully saturated rings. The predicted octanol–water partition coefficient (Wildman–Crippen LogP) is 3.13. The fourth-order valence-corrected chi connectivity index (χ4v) is 5.21. The largest absolute Gasteiger partial charge is 0.493 e. The molecule has 4 heterocycles. The van der Waals surface area contributed by atoms with Gasteiger partial charge in [0.05, 0.1) is 18.0 Å². The number of fused-ring (bicyclic) bond motifs is 2. The number of rotatable bonds is 5. The average molecular weight is 474 g/mol. The minimum absolute atomic E-state index is 0.0382. The summed E-state index contributed by atoms with van der Waals surface area (Å²) < 4.78 is 20.7. The van der Waals surface area contributed by atoms with Crippen molar-refractivity contribution in [3.8, 4) is 28.3 Å². The lowest BCUT2D eigenvalue weighted by Crippen LogP contribution is -2.31. The Bertz CT molecular complexity index is 1470. The number of anilines is 1. The van der Waals surface area contributed by atoms with E-state index in [2.05, 4.69) is 25.3 Å². The van der Waals surface area contributed by atoms with Gasteiger partial charge in [0.2, 0.25) is 5.91 Å². The van der Waals surface area contributed by atoms with E-state index in [1.165, 1.54) is 25.6 Å². The van der Waals surface area contributed by atoms with Gasteiger partial charge in [-0.1, -0.05) is 0 Å². The van der Waals surface area contributed by atoms with Gasteiger partial charge in [0.1, 0.15) is 29.0 Å². The van der Waals surface area contributed by atoms with E-state index < -0.39 is 0 Å². The van der Waals surface area contributed by atoms with E-state index in [0.717, 1.165) is 30.6 Å². The minimum Gasteiger partial charge on any atom is -0.493 e. The number of hydrogen-bond acceptors (Lipinski definition) is 7. The molecule has 1 amide bonds. The lowest BCUT2D eigenvalue weighted by Gasteiger charge is -2.17. The van der Waals surface area contributed by atoms with Gasteiger partial charge in [0.15, 0.2) is 11.6 Å². The van der Waals surface area contributed by atoms with Crippen molar-refractivity contribution in [1.82, 2.24) is 29.6 Å². The molecule has 2 unspecified atom stereocenters. The second kappa shape index (κ2) is 7.81. The molecule has 178 valence electrons. The van der Waals surface area contributed by atoms with Crippen LogP contribution in [0.15, 0.2) is 42.9 Å². The molecular formula is C25H24FN7O2.